The normalized spacial score (nSPS) is 17.3. The van der Waals surface area contributed by atoms with Crippen molar-refractivity contribution >= 4 is 35.0 Å². The number of anilines is 3. The number of hydrogen-bond donors (Lipinski definition) is 3. The Morgan fingerprint density at radius 3 is 2.84 bits per heavy atom. The largest absolute Gasteiger partial charge is 0.475 e. The van der Waals surface area contributed by atoms with Crippen LogP contribution in [0.3, 0.4) is 0 Å². The van der Waals surface area contributed by atoms with E-state index in [2.05, 4.69) is 20.3 Å². The van der Waals surface area contributed by atoms with Crippen LogP contribution in [0.1, 0.15) is 12.0 Å². The average Bonchev–Trinajstić information content (AvgIpc) is 3.31. The van der Waals surface area contributed by atoms with Crippen molar-refractivity contribution in [3.63, 3.8) is 0 Å². The summed E-state index contributed by atoms with van der Waals surface area (Å²) < 4.78 is 45.2. The Morgan fingerprint density at radius 2 is 2.08 bits per heavy atom. The number of carbonyl (C=O) groups excluding carboxylic acids is 1. The number of urea groups is 1. The van der Waals surface area contributed by atoms with E-state index in [1.807, 2.05) is 4.90 Å². The second-order valence-electron chi connectivity index (χ2n) is 8.82. The van der Waals surface area contributed by atoms with E-state index < -0.39 is 30.5 Å². The van der Waals surface area contributed by atoms with E-state index in [-0.39, 0.29) is 46.4 Å². The van der Waals surface area contributed by atoms with Crippen molar-refractivity contribution in [3.05, 3.63) is 53.3 Å². The summed E-state index contributed by atoms with van der Waals surface area (Å²) in [7, 11) is 0. The van der Waals surface area contributed by atoms with Gasteiger partial charge in [-0.05, 0) is 24.6 Å². The molecule has 1 aromatic carbocycles. The van der Waals surface area contributed by atoms with Gasteiger partial charge in [0.2, 0.25) is 5.88 Å². The van der Waals surface area contributed by atoms with Crippen molar-refractivity contribution in [2.75, 3.05) is 41.4 Å². The molecule has 14 heteroatoms. The van der Waals surface area contributed by atoms with Crippen LogP contribution in [0.4, 0.5) is 35.3 Å². The van der Waals surface area contributed by atoms with Gasteiger partial charge in [0.1, 0.15) is 24.9 Å². The third-order valence-corrected chi connectivity index (χ3v) is 6.52. The van der Waals surface area contributed by atoms with Gasteiger partial charge in [0.05, 0.1) is 34.6 Å². The molecule has 0 spiro atoms. The summed E-state index contributed by atoms with van der Waals surface area (Å²) in [6, 6.07) is 6.88. The summed E-state index contributed by atoms with van der Waals surface area (Å²) in [5.41, 5.74) is 0.0529. The Bertz CT molecular complexity index is 1360. The first kappa shape index (κ1) is 25.9. The maximum atomic E-state index is 13.5. The monoisotopic (exact) mass is 550 g/mol. The van der Waals surface area contributed by atoms with E-state index in [0.717, 1.165) is 12.1 Å². The first-order valence-electron chi connectivity index (χ1n) is 11.6. The maximum Gasteiger partial charge on any atom is 0.416 e. The molecule has 3 N–H and O–H groups in total. The number of pyridine rings is 1. The fourth-order valence-electron chi connectivity index (χ4n) is 4.42. The topological polar surface area (TPSA) is 124 Å². The Labute approximate surface area is 219 Å². The lowest BCUT2D eigenvalue weighted by Crippen LogP contribution is -2.48. The molecule has 0 saturated carbocycles. The van der Waals surface area contributed by atoms with Gasteiger partial charge in [-0.2, -0.15) is 13.2 Å². The van der Waals surface area contributed by atoms with E-state index in [4.69, 9.17) is 21.4 Å². The highest BCUT2D eigenvalue weighted by Crippen LogP contribution is 2.43. The summed E-state index contributed by atoms with van der Waals surface area (Å²) in [5, 5.41) is 21.2. The molecular formula is C24H22ClF3N6O4. The van der Waals surface area contributed by atoms with Crippen LogP contribution in [0.15, 0.2) is 42.7 Å². The molecule has 2 aliphatic rings. The molecule has 0 unspecified atom stereocenters. The number of alkyl halides is 3. The van der Waals surface area contributed by atoms with Gasteiger partial charge in [-0.15, -0.1) is 0 Å². The summed E-state index contributed by atoms with van der Waals surface area (Å²) >= 11 is 6.48. The molecule has 5 rings (SSSR count). The van der Waals surface area contributed by atoms with Gasteiger partial charge in [-0.1, -0.05) is 23.7 Å². The van der Waals surface area contributed by atoms with Crippen molar-refractivity contribution in [2.45, 2.75) is 24.7 Å². The zero-order valence-electron chi connectivity index (χ0n) is 19.7. The van der Waals surface area contributed by atoms with Gasteiger partial charge in [0.15, 0.2) is 5.82 Å². The summed E-state index contributed by atoms with van der Waals surface area (Å²) in [6.45, 7) is 0.502. The number of rotatable bonds is 6. The smallest absolute Gasteiger partial charge is 0.416 e. The minimum Gasteiger partial charge on any atom is -0.475 e. The molecule has 10 nitrogen and oxygen atoms in total. The number of aliphatic hydroxyl groups is 2. The second-order valence-corrected chi connectivity index (χ2v) is 9.22. The molecule has 0 radical (unpaired) electrons. The van der Waals surface area contributed by atoms with Gasteiger partial charge in [-0.25, -0.2) is 19.7 Å². The molecule has 2 amide bonds. The maximum absolute atomic E-state index is 13.5. The molecular weight excluding hydrogens is 529 g/mol. The highest BCUT2D eigenvalue weighted by atomic mass is 35.5. The molecule has 1 saturated heterocycles. The van der Waals surface area contributed by atoms with Crippen LogP contribution in [0, 0.1) is 0 Å². The SMILES string of the molecule is O=C(Nc1cc(OC[C@@H](O)CO)ncn1)N1c2nc(-c3cccc(C(F)(F)F)c3)c(Cl)cc2N2CC[C@H]1C2. The van der Waals surface area contributed by atoms with E-state index >= 15 is 0 Å². The van der Waals surface area contributed by atoms with Crippen LogP contribution in [0.2, 0.25) is 5.02 Å². The van der Waals surface area contributed by atoms with Crippen molar-refractivity contribution < 1.29 is 32.9 Å². The molecule has 1 fully saturated rings. The fraction of sp³-hybridized carbons (Fsp3) is 0.333. The number of halogens is 4. The third kappa shape index (κ3) is 5.17. The number of nitrogens with zero attached hydrogens (tertiary/aromatic N) is 5. The van der Waals surface area contributed by atoms with Gasteiger partial charge in [-0.3, -0.25) is 10.2 Å². The molecule has 4 heterocycles. The number of aromatic nitrogens is 3. The van der Waals surface area contributed by atoms with Gasteiger partial charge in [0.25, 0.3) is 0 Å². The van der Waals surface area contributed by atoms with E-state index in [1.54, 1.807) is 6.07 Å². The first-order valence-corrected chi connectivity index (χ1v) is 12.0. The van der Waals surface area contributed by atoms with E-state index in [0.29, 0.717) is 25.2 Å². The Hall–Kier alpha value is -3.68. The first-order chi connectivity index (χ1) is 18.1. The Morgan fingerprint density at radius 1 is 1.26 bits per heavy atom. The van der Waals surface area contributed by atoms with Crippen LogP contribution in [-0.4, -0.2) is 69.6 Å². The number of amides is 2. The van der Waals surface area contributed by atoms with Crippen LogP contribution in [0.5, 0.6) is 5.88 Å². The zero-order chi connectivity index (χ0) is 27.0. The predicted molar refractivity (Wildman–Crippen MR) is 132 cm³/mol. The van der Waals surface area contributed by atoms with Gasteiger partial charge in [0, 0.05) is 24.7 Å². The highest BCUT2D eigenvalue weighted by molar-refractivity contribution is 6.33. The van der Waals surface area contributed by atoms with Crippen LogP contribution in [0.25, 0.3) is 11.3 Å². The Balaban J connectivity index is 1.46. The van der Waals surface area contributed by atoms with Crippen molar-refractivity contribution in [2.24, 2.45) is 0 Å². The van der Waals surface area contributed by atoms with Crippen molar-refractivity contribution in [1.82, 2.24) is 15.0 Å². The molecule has 38 heavy (non-hydrogen) atoms. The molecule has 0 aliphatic carbocycles. The number of hydrogen-bond acceptors (Lipinski definition) is 8. The van der Waals surface area contributed by atoms with Crippen LogP contribution < -0.4 is 19.9 Å². The molecule has 2 aliphatic heterocycles. The lowest BCUT2D eigenvalue weighted by Gasteiger charge is -2.36. The minimum atomic E-state index is -4.54. The molecule has 2 aromatic heterocycles. The molecule has 3 aromatic rings. The minimum absolute atomic E-state index is 0.0747. The molecule has 2 bridgehead atoms. The molecule has 2 atom stereocenters. The lowest BCUT2D eigenvalue weighted by atomic mass is 10.1. The highest BCUT2D eigenvalue weighted by Gasteiger charge is 2.41. The fourth-order valence-corrected chi connectivity index (χ4v) is 4.68. The standard InChI is InChI=1S/C24H22ClF3N6O4/c25-17-7-18-22(32-21(17)13-2-1-3-14(6-13)24(26,27)28)34(15-4-5-33(18)9-15)23(37)31-19-8-20(30-12-29-19)38-11-16(36)10-35/h1-3,6-8,12,15-16,35-36H,4-5,9-11H2,(H,29,30,31,37)/t15-,16-/m0/s1. The van der Waals surface area contributed by atoms with Gasteiger partial charge >= 0.3 is 12.2 Å². The quantitative estimate of drug-likeness (QED) is 0.425. The van der Waals surface area contributed by atoms with E-state index in [1.165, 1.54) is 29.4 Å². The predicted octanol–water partition coefficient (Wildman–Crippen LogP) is 3.57. The van der Waals surface area contributed by atoms with E-state index in [9.17, 15) is 23.1 Å². The molecule has 200 valence electrons. The number of fused-ring (bicyclic) bond motifs is 4. The lowest BCUT2D eigenvalue weighted by molar-refractivity contribution is -0.137. The Kier molecular flexibility index (Phi) is 6.99. The van der Waals surface area contributed by atoms with Crippen molar-refractivity contribution in [1.29, 1.82) is 0 Å². The van der Waals surface area contributed by atoms with Crippen LogP contribution >= 0.6 is 11.6 Å². The number of benzene rings is 1. The summed E-state index contributed by atoms with van der Waals surface area (Å²) in [5.74, 6) is 0.461. The average molecular weight is 551 g/mol. The number of ether oxygens (including phenoxy) is 1. The number of aliphatic hydroxyl groups excluding tert-OH is 2. The van der Waals surface area contributed by atoms with Gasteiger partial charge < -0.3 is 19.8 Å². The van der Waals surface area contributed by atoms with Crippen LogP contribution in [-0.2, 0) is 6.18 Å². The zero-order valence-corrected chi connectivity index (χ0v) is 20.4. The summed E-state index contributed by atoms with van der Waals surface area (Å²) in [4.78, 5) is 29.5. The number of carbonyl (C=O) groups is 1. The van der Waals surface area contributed by atoms with Crippen molar-refractivity contribution in [3.8, 4) is 17.1 Å². The third-order valence-electron chi connectivity index (χ3n) is 6.23. The number of nitrogens with one attached hydrogen (secondary N) is 1. The second kappa shape index (κ2) is 10.2. The summed E-state index contributed by atoms with van der Waals surface area (Å²) in [6.07, 6.45) is -3.81.